The molecule has 0 radical (unpaired) electrons. The highest BCUT2D eigenvalue weighted by Crippen LogP contribution is 2.28. The SMILES string of the molecule is CNC(=O)C1CCCCC1NC(=O)Nc1nnc(-c2cccc(Br)c2)s1. The molecular formula is C17H20BrN5O2S. The van der Waals surface area contributed by atoms with Crippen molar-refractivity contribution in [2.75, 3.05) is 12.4 Å². The van der Waals surface area contributed by atoms with E-state index in [4.69, 9.17) is 0 Å². The van der Waals surface area contributed by atoms with Gasteiger partial charge in [0, 0.05) is 23.1 Å². The zero-order chi connectivity index (χ0) is 18.5. The van der Waals surface area contributed by atoms with Gasteiger partial charge in [-0.2, -0.15) is 0 Å². The van der Waals surface area contributed by atoms with Gasteiger partial charge in [0.2, 0.25) is 11.0 Å². The van der Waals surface area contributed by atoms with Gasteiger partial charge in [-0.25, -0.2) is 4.79 Å². The predicted octanol–water partition coefficient (Wildman–Crippen LogP) is 3.39. The largest absolute Gasteiger partial charge is 0.359 e. The minimum Gasteiger partial charge on any atom is -0.359 e. The number of nitrogens with zero attached hydrogens (tertiary/aromatic N) is 2. The fraction of sp³-hybridized carbons (Fsp3) is 0.412. The molecule has 1 saturated carbocycles. The summed E-state index contributed by atoms with van der Waals surface area (Å²) in [6.45, 7) is 0. The van der Waals surface area contributed by atoms with E-state index in [1.165, 1.54) is 11.3 Å². The van der Waals surface area contributed by atoms with E-state index in [2.05, 4.69) is 42.1 Å². The summed E-state index contributed by atoms with van der Waals surface area (Å²) >= 11 is 4.73. The van der Waals surface area contributed by atoms with Crippen molar-refractivity contribution in [1.29, 1.82) is 0 Å². The summed E-state index contributed by atoms with van der Waals surface area (Å²) in [5.74, 6) is -0.214. The average molecular weight is 438 g/mol. The number of nitrogens with one attached hydrogen (secondary N) is 3. The van der Waals surface area contributed by atoms with E-state index in [9.17, 15) is 9.59 Å². The number of carbonyl (C=O) groups is 2. The number of rotatable bonds is 4. The molecular weight excluding hydrogens is 418 g/mol. The Bertz CT molecular complexity index is 797. The Morgan fingerprint density at radius 1 is 1.23 bits per heavy atom. The van der Waals surface area contributed by atoms with Crippen molar-refractivity contribution in [3.05, 3.63) is 28.7 Å². The van der Waals surface area contributed by atoms with Crippen LogP contribution in [0.4, 0.5) is 9.93 Å². The van der Waals surface area contributed by atoms with Crippen LogP contribution in [0.2, 0.25) is 0 Å². The fourth-order valence-electron chi connectivity index (χ4n) is 3.12. The molecule has 1 heterocycles. The second kappa shape index (κ2) is 8.59. The van der Waals surface area contributed by atoms with Crippen LogP contribution in [0, 0.1) is 5.92 Å². The molecule has 0 saturated heterocycles. The van der Waals surface area contributed by atoms with Gasteiger partial charge in [-0.1, -0.05) is 52.2 Å². The standard InChI is InChI=1S/C17H20BrN5O2S/c1-19-14(24)12-7-2-3-8-13(12)20-16(25)21-17-23-22-15(26-17)10-5-4-6-11(18)9-10/h4-6,9,12-13H,2-3,7-8H2,1H3,(H,19,24)(H2,20,21,23,25). The predicted molar refractivity (Wildman–Crippen MR) is 105 cm³/mol. The summed E-state index contributed by atoms with van der Waals surface area (Å²) in [6.07, 6.45) is 3.59. The Balaban J connectivity index is 1.62. The number of hydrogen-bond donors (Lipinski definition) is 3. The lowest BCUT2D eigenvalue weighted by Crippen LogP contribution is -2.48. The summed E-state index contributed by atoms with van der Waals surface area (Å²) in [4.78, 5) is 24.3. The van der Waals surface area contributed by atoms with Gasteiger partial charge in [0.05, 0.1) is 5.92 Å². The minimum atomic E-state index is -0.359. The zero-order valence-corrected chi connectivity index (χ0v) is 16.7. The first-order chi connectivity index (χ1) is 12.6. The summed E-state index contributed by atoms with van der Waals surface area (Å²) in [6, 6.07) is 7.21. The molecule has 2 aromatic rings. The first-order valence-corrected chi connectivity index (χ1v) is 10.1. The van der Waals surface area contributed by atoms with Crippen LogP contribution < -0.4 is 16.0 Å². The molecule has 1 fully saturated rings. The summed E-state index contributed by atoms with van der Waals surface area (Å²) in [7, 11) is 1.62. The van der Waals surface area contributed by atoms with Gasteiger partial charge in [0.1, 0.15) is 5.01 Å². The highest BCUT2D eigenvalue weighted by Gasteiger charge is 2.31. The van der Waals surface area contributed by atoms with Crippen LogP contribution in [0.25, 0.3) is 10.6 Å². The number of hydrogen-bond acceptors (Lipinski definition) is 5. The fourth-order valence-corrected chi connectivity index (χ4v) is 4.25. The number of carbonyl (C=O) groups excluding carboxylic acids is 2. The van der Waals surface area contributed by atoms with Gasteiger partial charge in [-0.3, -0.25) is 10.1 Å². The van der Waals surface area contributed by atoms with E-state index >= 15 is 0 Å². The molecule has 1 aromatic heterocycles. The molecule has 26 heavy (non-hydrogen) atoms. The number of benzene rings is 1. The number of urea groups is 1. The van der Waals surface area contributed by atoms with Crippen molar-refractivity contribution in [3.8, 4) is 10.6 Å². The molecule has 2 unspecified atom stereocenters. The topological polar surface area (TPSA) is 96.0 Å². The van der Waals surface area contributed by atoms with Crippen LogP contribution >= 0.6 is 27.3 Å². The Labute approximate surface area is 164 Å². The highest BCUT2D eigenvalue weighted by atomic mass is 79.9. The monoisotopic (exact) mass is 437 g/mol. The van der Waals surface area contributed by atoms with E-state index in [0.717, 1.165) is 40.7 Å². The van der Waals surface area contributed by atoms with Crippen molar-refractivity contribution < 1.29 is 9.59 Å². The van der Waals surface area contributed by atoms with E-state index in [1.54, 1.807) is 7.05 Å². The third-order valence-corrected chi connectivity index (χ3v) is 5.76. The van der Waals surface area contributed by atoms with Crippen LogP contribution in [-0.2, 0) is 4.79 Å². The highest BCUT2D eigenvalue weighted by molar-refractivity contribution is 9.10. The second-order valence-electron chi connectivity index (χ2n) is 6.13. The first kappa shape index (κ1) is 18.8. The van der Waals surface area contributed by atoms with Crippen LogP contribution in [0.15, 0.2) is 28.7 Å². The third-order valence-electron chi connectivity index (χ3n) is 4.38. The van der Waals surface area contributed by atoms with Gasteiger partial charge in [-0.15, -0.1) is 10.2 Å². The van der Waals surface area contributed by atoms with E-state index in [0.29, 0.717) is 5.13 Å². The average Bonchev–Trinajstić information content (AvgIpc) is 3.10. The molecule has 7 nitrogen and oxygen atoms in total. The lowest BCUT2D eigenvalue weighted by Gasteiger charge is -2.30. The molecule has 1 aliphatic carbocycles. The maximum atomic E-state index is 12.3. The van der Waals surface area contributed by atoms with Crippen molar-refractivity contribution in [1.82, 2.24) is 20.8 Å². The smallest absolute Gasteiger partial charge is 0.321 e. The maximum absolute atomic E-state index is 12.3. The number of amides is 3. The molecule has 3 N–H and O–H groups in total. The van der Waals surface area contributed by atoms with Crippen molar-refractivity contribution in [2.24, 2.45) is 5.92 Å². The van der Waals surface area contributed by atoms with Crippen molar-refractivity contribution in [2.45, 2.75) is 31.7 Å². The van der Waals surface area contributed by atoms with Gasteiger partial charge >= 0.3 is 6.03 Å². The molecule has 2 atom stereocenters. The Hall–Kier alpha value is -2.00. The van der Waals surface area contributed by atoms with E-state index in [1.807, 2.05) is 24.3 Å². The van der Waals surface area contributed by atoms with Crippen LogP contribution in [-0.4, -0.2) is 35.2 Å². The summed E-state index contributed by atoms with van der Waals surface area (Å²) < 4.78 is 0.954. The van der Waals surface area contributed by atoms with Gasteiger partial charge in [-0.05, 0) is 25.0 Å². The third kappa shape index (κ3) is 4.59. The molecule has 3 amide bonds. The Morgan fingerprint density at radius 3 is 2.81 bits per heavy atom. The molecule has 3 rings (SSSR count). The minimum absolute atomic E-state index is 0.0251. The van der Waals surface area contributed by atoms with E-state index < -0.39 is 0 Å². The first-order valence-electron chi connectivity index (χ1n) is 8.45. The van der Waals surface area contributed by atoms with Crippen LogP contribution in [0.5, 0.6) is 0 Å². The number of anilines is 1. The van der Waals surface area contributed by atoms with Gasteiger partial charge in [0.15, 0.2) is 0 Å². The molecule has 1 aromatic carbocycles. The summed E-state index contributed by atoms with van der Waals surface area (Å²) in [5.41, 5.74) is 0.928. The second-order valence-corrected chi connectivity index (χ2v) is 8.03. The molecule has 138 valence electrons. The lowest BCUT2D eigenvalue weighted by molar-refractivity contribution is -0.126. The molecule has 0 spiro atoms. The molecule has 0 bridgehead atoms. The summed E-state index contributed by atoms with van der Waals surface area (Å²) in [5, 5.41) is 17.6. The molecule has 9 heteroatoms. The maximum Gasteiger partial charge on any atom is 0.321 e. The van der Waals surface area contributed by atoms with Gasteiger partial charge < -0.3 is 10.6 Å². The van der Waals surface area contributed by atoms with Gasteiger partial charge in [0.25, 0.3) is 0 Å². The Morgan fingerprint density at radius 2 is 2.04 bits per heavy atom. The lowest BCUT2D eigenvalue weighted by atomic mass is 9.84. The molecule has 1 aliphatic rings. The normalized spacial score (nSPS) is 19.6. The zero-order valence-electron chi connectivity index (χ0n) is 14.3. The number of halogens is 1. The van der Waals surface area contributed by atoms with Crippen molar-refractivity contribution in [3.63, 3.8) is 0 Å². The number of aromatic nitrogens is 2. The Kier molecular flexibility index (Phi) is 6.20. The molecule has 0 aliphatic heterocycles. The van der Waals surface area contributed by atoms with Crippen LogP contribution in [0.1, 0.15) is 25.7 Å². The van der Waals surface area contributed by atoms with Crippen LogP contribution in [0.3, 0.4) is 0 Å². The quantitative estimate of drug-likeness (QED) is 0.682. The van der Waals surface area contributed by atoms with Crippen molar-refractivity contribution >= 4 is 44.3 Å². The van der Waals surface area contributed by atoms with E-state index in [-0.39, 0.29) is 23.9 Å².